The van der Waals surface area contributed by atoms with E-state index < -0.39 is 0 Å². The molecular weight excluding hydrogens is 360 g/mol. The van der Waals surface area contributed by atoms with E-state index >= 15 is 0 Å². The number of para-hydroxylation sites is 1. The predicted octanol–water partition coefficient (Wildman–Crippen LogP) is 4.90. The molecule has 0 fully saturated rings. The SMILES string of the molecule is CCN(Cc1ccccc1NC(=O)Cc1ccc(-c2ccccc2)cc1)C(C)=O. The van der Waals surface area contributed by atoms with E-state index in [-0.39, 0.29) is 11.8 Å². The highest BCUT2D eigenvalue weighted by Gasteiger charge is 2.12. The molecule has 0 aliphatic carbocycles. The summed E-state index contributed by atoms with van der Waals surface area (Å²) in [5.74, 6) is -0.0529. The number of rotatable bonds is 7. The van der Waals surface area contributed by atoms with Gasteiger partial charge in [-0.1, -0.05) is 72.8 Å². The summed E-state index contributed by atoms with van der Waals surface area (Å²) in [4.78, 5) is 26.1. The van der Waals surface area contributed by atoms with Gasteiger partial charge in [-0.05, 0) is 35.2 Å². The average Bonchev–Trinajstić information content (AvgIpc) is 2.74. The van der Waals surface area contributed by atoms with Crippen LogP contribution in [0.1, 0.15) is 25.0 Å². The third-order valence-corrected chi connectivity index (χ3v) is 4.91. The molecule has 0 aliphatic rings. The first-order valence-corrected chi connectivity index (χ1v) is 9.84. The maximum absolute atomic E-state index is 12.6. The summed E-state index contributed by atoms with van der Waals surface area (Å²) in [6.07, 6.45) is 0.299. The van der Waals surface area contributed by atoms with Crippen LogP contribution in [0.5, 0.6) is 0 Å². The highest BCUT2D eigenvalue weighted by atomic mass is 16.2. The van der Waals surface area contributed by atoms with Crippen LogP contribution in [0, 0.1) is 0 Å². The monoisotopic (exact) mass is 386 g/mol. The van der Waals surface area contributed by atoms with Gasteiger partial charge in [0, 0.05) is 25.7 Å². The molecule has 0 aromatic heterocycles. The van der Waals surface area contributed by atoms with E-state index in [0.29, 0.717) is 19.5 Å². The van der Waals surface area contributed by atoms with Crippen molar-refractivity contribution in [1.29, 1.82) is 0 Å². The van der Waals surface area contributed by atoms with Crippen LogP contribution in [0.2, 0.25) is 0 Å². The molecule has 4 heteroatoms. The Hall–Kier alpha value is -3.40. The second-order valence-electron chi connectivity index (χ2n) is 6.98. The first-order valence-electron chi connectivity index (χ1n) is 9.84. The van der Waals surface area contributed by atoms with Gasteiger partial charge in [-0.3, -0.25) is 9.59 Å². The summed E-state index contributed by atoms with van der Waals surface area (Å²) in [6.45, 7) is 4.62. The first kappa shape index (κ1) is 20.3. The predicted molar refractivity (Wildman–Crippen MR) is 117 cm³/mol. The van der Waals surface area contributed by atoms with E-state index in [1.807, 2.05) is 73.7 Å². The first-order chi connectivity index (χ1) is 14.1. The molecule has 3 aromatic carbocycles. The largest absolute Gasteiger partial charge is 0.339 e. The van der Waals surface area contributed by atoms with Crippen molar-refractivity contribution in [3.05, 3.63) is 90.0 Å². The summed E-state index contributed by atoms with van der Waals surface area (Å²) < 4.78 is 0. The normalized spacial score (nSPS) is 10.4. The van der Waals surface area contributed by atoms with Crippen LogP contribution in [0.3, 0.4) is 0 Å². The molecule has 0 unspecified atom stereocenters. The lowest BCUT2D eigenvalue weighted by Crippen LogP contribution is -2.28. The Morgan fingerprint density at radius 3 is 2.10 bits per heavy atom. The summed E-state index contributed by atoms with van der Waals surface area (Å²) in [5.41, 5.74) is 4.92. The van der Waals surface area contributed by atoms with Crippen molar-refractivity contribution in [3.63, 3.8) is 0 Å². The minimum Gasteiger partial charge on any atom is -0.339 e. The lowest BCUT2D eigenvalue weighted by atomic mass is 10.0. The van der Waals surface area contributed by atoms with Crippen LogP contribution < -0.4 is 5.32 Å². The van der Waals surface area contributed by atoms with Gasteiger partial charge >= 0.3 is 0 Å². The van der Waals surface area contributed by atoms with Crippen molar-refractivity contribution in [2.45, 2.75) is 26.8 Å². The van der Waals surface area contributed by atoms with Crippen molar-refractivity contribution in [3.8, 4) is 11.1 Å². The second-order valence-corrected chi connectivity index (χ2v) is 6.98. The maximum Gasteiger partial charge on any atom is 0.228 e. The molecule has 3 rings (SSSR count). The number of nitrogens with zero attached hydrogens (tertiary/aromatic N) is 1. The number of amides is 2. The van der Waals surface area contributed by atoms with E-state index in [9.17, 15) is 9.59 Å². The Balaban J connectivity index is 1.66. The smallest absolute Gasteiger partial charge is 0.228 e. The maximum atomic E-state index is 12.6. The Labute approximate surface area is 172 Å². The molecule has 0 aliphatic heterocycles. The average molecular weight is 386 g/mol. The highest BCUT2D eigenvalue weighted by Crippen LogP contribution is 2.21. The third-order valence-electron chi connectivity index (χ3n) is 4.91. The fourth-order valence-corrected chi connectivity index (χ4v) is 3.26. The topological polar surface area (TPSA) is 49.4 Å². The van der Waals surface area contributed by atoms with Crippen LogP contribution in [0.15, 0.2) is 78.9 Å². The molecule has 3 aromatic rings. The number of anilines is 1. The fraction of sp³-hybridized carbons (Fsp3) is 0.200. The molecule has 148 valence electrons. The zero-order chi connectivity index (χ0) is 20.6. The molecule has 0 spiro atoms. The zero-order valence-electron chi connectivity index (χ0n) is 16.9. The molecule has 2 amide bonds. The standard InChI is InChI=1S/C25H26N2O2/c1-3-27(19(2)28)18-23-11-7-8-12-24(23)26-25(29)17-20-13-15-22(16-14-20)21-9-5-4-6-10-21/h4-16H,3,17-18H2,1-2H3,(H,26,29). The van der Waals surface area contributed by atoms with Crippen LogP contribution >= 0.6 is 0 Å². The molecule has 0 saturated heterocycles. The number of carbonyl (C=O) groups is 2. The number of nitrogens with one attached hydrogen (secondary N) is 1. The Kier molecular flexibility index (Phi) is 6.80. The number of benzene rings is 3. The van der Waals surface area contributed by atoms with Crippen molar-refractivity contribution in [2.75, 3.05) is 11.9 Å². The molecule has 1 N–H and O–H groups in total. The summed E-state index contributed by atoms with van der Waals surface area (Å²) >= 11 is 0. The van der Waals surface area contributed by atoms with Crippen molar-refractivity contribution in [1.82, 2.24) is 4.90 Å². The van der Waals surface area contributed by atoms with Crippen molar-refractivity contribution in [2.24, 2.45) is 0 Å². The number of hydrogen-bond donors (Lipinski definition) is 1. The van der Waals surface area contributed by atoms with E-state index in [2.05, 4.69) is 17.4 Å². The molecule has 0 atom stereocenters. The van der Waals surface area contributed by atoms with Crippen LogP contribution in [-0.2, 0) is 22.6 Å². The molecule has 0 bridgehead atoms. The molecule has 4 nitrogen and oxygen atoms in total. The van der Waals surface area contributed by atoms with Crippen LogP contribution in [0.25, 0.3) is 11.1 Å². The quantitative estimate of drug-likeness (QED) is 0.628. The Morgan fingerprint density at radius 2 is 1.45 bits per heavy atom. The van der Waals surface area contributed by atoms with Gasteiger partial charge in [-0.2, -0.15) is 0 Å². The van der Waals surface area contributed by atoms with Gasteiger partial charge in [0.05, 0.1) is 6.42 Å². The molecule has 0 saturated carbocycles. The second kappa shape index (κ2) is 9.69. The van der Waals surface area contributed by atoms with E-state index in [0.717, 1.165) is 27.9 Å². The van der Waals surface area contributed by atoms with E-state index in [4.69, 9.17) is 0 Å². The van der Waals surface area contributed by atoms with Crippen molar-refractivity contribution >= 4 is 17.5 Å². The minimum absolute atomic E-state index is 0.0205. The van der Waals surface area contributed by atoms with Crippen molar-refractivity contribution < 1.29 is 9.59 Å². The van der Waals surface area contributed by atoms with Gasteiger partial charge in [-0.25, -0.2) is 0 Å². The minimum atomic E-state index is -0.0733. The molecule has 0 radical (unpaired) electrons. The van der Waals surface area contributed by atoms with Gasteiger partial charge < -0.3 is 10.2 Å². The highest BCUT2D eigenvalue weighted by molar-refractivity contribution is 5.93. The Morgan fingerprint density at radius 1 is 0.828 bits per heavy atom. The van der Waals surface area contributed by atoms with Gasteiger partial charge in [0.2, 0.25) is 11.8 Å². The third kappa shape index (κ3) is 5.55. The van der Waals surface area contributed by atoms with E-state index in [1.165, 1.54) is 0 Å². The number of carbonyl (C=O) groups excluding carboxylic acids is 2. The summed E-state index contributed by atoms with van der Waals surface area (Å²) in [6, 6.07) is 25.8. The van der Waals surface area contributed by atoms with Gasteiger partial charge in [0.25, 0.3) is 0 Å². The van der Waals surface area contributed by atoms with Gasteiger partial charge in [0.15, 0.2) is 0 Å². The Bertz CT molecular complexity index is 966. The van der Waals surface area contributed by atoms with Crippen LogP contribution in [0.4, 0.5) is 5.69 Å². The molecule has 29 heavy (non-hydrogen) atoms. The van der Waals surface area contributed by atoms with Gasteiger partial charge in [0.1, 0.15) is 0 Å². The molecule has 0 heterocycles. The van der Waals surface area contributed by atoms with Crippen LogP contribution in [-0.4, -0.2) is 23.3 Å². The lowest BCUT2D eigenvalue weighted by molar-refractivity contribution is -0.129. The summed E-state index contributed by atoms with van der Waals surface area (Å²) in [5, 5.41) is 3.00. The zero-order valence-corrected chi connectivity index (χ0v) is 16.9. The number of hydrogen-bond acceptors (Lipinski definition) is 2. The summed E-state index contributed by atoms with van der Waals surface area (Å²) in [7, 11) is 0. The van der Waals surface area contributed by atoms with E-state index in [1.54, 1.807) is 11.8 Å². The fourth-order valence-electron chi connectivity index (χ4n) is 3.26. The molecular formula is C25H26N2O2. The lowest BCUT2D eigenvalue weighted by Gasteiger charge is -2.21. The van der Waals surface area contributed by atoms with Gasteiger partial charge in [-0.15, -0.1) is 0 Å².